The summed E-state index contributed by atoms with van der Waals surface area (Å²) >= 11 is 3.25. The summed E-state index contributed by atoms with van der Waals surface area (Å²) in [6, 6.07) is 0. The van der Waals surface area contributed by atoms with E-state index in [1.807, 2.05) is 6.92 Å². The van der Waals surface area contributed by atoms with Gasteiger partial charge >= 0.3 is 0 Å². The number of aliphatic hydroxyl groups excluding tert-OH is 1. The molecule has 1 aromatic heterocycles. The highest BCUT2D eigenvalue weighted by molar-refractivity contribution is 8.01. The van der Waals surface area contributed by atoms with Crippen molar-refractivity contribution in [1.82, 2.24) is 10.2 Å². The van der Waals surface area contributed by atoms with E-state index in [1.54, 1.807) is 23.1 Å². The van der Waals surface area contributed by atoms with Gasteiger partial charge in [0.15, 0.2) is 4.34 Å². The van der Waals surface area contributed by atoms with Crippen molar-refractivity contribution in [2.45, 2.75) is 17.7 Å². The lowest BCUT2D eigenvalue weighted by molar-refractivity contribution is 0.296. The van der Waals surface area contributed by atoms with Crippen LogP contribution in [-0.2, 0) is 0 Å². The van der Waals surface area contributed by atoms with Crippen LogP contribution in [0.1, 0.15) is 11.4 Å². The number of hydrogen-bond donors (Lipinski definition) is 1. The highest BCUT2D eigenvalue weighted by Gasteiger charge is 1.99. The van der Waals surface area contributed by atoms with E-state index in [-0.39, 0.29) is 6.61 Å². The number of thioether (sulfide) groups is 1. The molecule has 0 fully saturated rings. The van der Waals surface area contributed by atoms with Crippen molar-refractivity contribution in [3.63, 3.8) is 0 Å². The van der Waals surface area contributed by atoms with Crippen LogP contribution in [0.2, 0.25) is 0 Å². The minimum atomic E-state index is 0.255. The predicted molar refractivity (Wildman–Crippen MR) is 47.1 cm³/mol. The van der Waals surface area contributed by atoms with Gasteiger partial charge in [-0.25, -0.2) is 0 Å². The molecule has 0 spiro atoms. The summed E-state index contributed by atoms with van der Waals surface area (Å²) in [6.45, 7) is 2.19. The molecular formula is C6H10N2OS2. The molecule has 0 aliphatic rings. The van der Waals surface area contributed by atoms with Crippen LogP contribution in [0.15, 0.2) is 4.34 Å². The first-order valence-electron chi connectivity index (χ1n) is 3.36. The summed E-state index contributed by atoms with van der Waals surface area (Å²) in [7, 11) is 0. The molecule has 62 valence electrons. The molecule has 0 amide bonds. The van der Waals surface area contributed by atoms with E-state index in [1.165, 1.54) is 0 Å². The van der Waals surface area contributed by atoms with Gasteiger partial charge in [0.2, 0.25) is 0 Å². The molecule has 0 aliphatic carbocycles. The first-order valence-corrected chi connectivity index (χ1v) is 5.17. The summed E-state index contributed by atoms with van der Waals surface area (Å²) in [5.41, 5.74) is 0. The topological polar surface area (TPSA) is 46.0 Å². The molecule has 0 aliphatic heterocycles. The first kappa shape index (κ1) is 8.96. The van der Waals surface area contributed by atoms with Crippen molar-refractivity contribution < 1.29 is 5.11 Å². The highest BCUT2D eigenvalue weighted by Crippen LogP contribution is 2.21. The van der Waals surface area contributed by atoms with Gasteiger partial charge in [0.05, 0.1) is 0 Å². The van der Waals surface area contributed by atoms with Gasteiger partial charge in [-0.15, -0.1) is 10.2 Å². The van der Waals surface area contributed by atoms with Crippen LogP contribution in [0, 0.1) is 6.92 Å². The van der Waals surface area contributed by atoms with Gasteiger partial charge in [-0.2, -0.15) is 0 Å². The molecule has 0 saturated heterocycles. The Labute approximate surface area is 73.9 Å². The average molecular weight is 190 g/mol. The van der Waals surface area contributed by atoms with Crippen LogP contribution in [0.25, 0.3) is 0 Å². The lowest BCUT2D eigenvalue weighted by Gasteiger charge is -1.91. The molecule has 0 radical (unpaired) electrons. The molecule has 0 saturated carbocycles. The molecule has 1 heterocycles. The number of aryl methyl sites for hydroxylation is 1. The van der Waals surface area contributed by atoms with Crippen molar-refractivity contribution in [2.24, 2.45) is 0 Å². The van der Waals surface area contributed by atoms with Crippen LogP contribution in [0.4, 0.5) is 0 Å². The molecule has 1 rings (SSSR count). The maximum absolute atomic E-state index is 8.50. The molecule has 11 heavy (non-hydrogen) atoms. The van der Waals surface area contributed by atoms with Gasteiger partial charge in [-0.1, -0.05) is 23.1 Å². The van der Waals surface area contributed by atoms with Gasteiger partial charge in [0, 0.05) is 12.4 Å². The zero-order valence-corrected chi connectivity index (χ0v) is 7.91. The normalized spacial score (nSPS) is 10.4. The fourth-order valence-electron chi connectivity index (χ4n) is 0.561. The number of hydrogen-bond acceptors (Lipinski definition) is 5. The SMILES string of the molecule is Cc1nnc(SCCCO)s1. The number of nitrogens with zero attached hydrogens (tertiary/aromatic N) is 2. The van der Waals surface area contributed by atoms with E-state index in [2.05, 4.69) is 10.2 Å². The largest absolute Gasteiger partial charge is 0.396 e. The van der Waals surface area contributed by atoms with E-state index < -0.39 is 0 Å². The fraction of sp³-hybridized carbons (Fsp3) is 0.667. The summed E-state index contributed by atoms with van der Waals surface area (Å²) in [6.07, 6.45) is 0.823. The van der Waals surface area contributed by atoms with Gasteiger partial charge < -0.3 is 5.11 Å². The molecular weight excluding hydrogens is 180 g/mol. The van der Waals surface area contributed by atoms with Crippen molar-refractivity contribution >= 4 is 23.1 Å². The van der Waals surface area contributed by atoms with Crippen LogP contribution >= 0.6 is 23.1 Å². The Morgan fingerprint density at radius 1 is 1.55 bits per heavy atom. The summed E-state index contributed by atoms with van der Waals surface area (Å²) in [5, 5.41) is 17.3. The van der Waals surface area contributed by atoms with Crippen LogP contribution in [0.5, 0.6) is 0 Å². The predicted octanol–water partition coefficient (Wildman–Crippen LogP) is 1.32. The van der Waals surface area contributed by atoms with Crippen LogP contribution in [0.3, 0.4) is 0 Å². The average Bonchev–Trinajstić information content (AvgIpc) is 2.37. The minimum absolute atomic E-state index is 0.255. The smallest absolute Gasteiger partial charge is 0.174 e. The molecule has 1 N–H and O–H groups in total. The zero-order chi connectivity index (χ0) is 8.10. The Hall–Kier alpha value is -0.130. The fourth-order valence-corrected chi connectivity index (χ4v) is 2.37. The lowest BCUT2D eigenvalue weighted by atomic mass is 10.5. The molecule has 0 unspecified atom stereocenters. The standard InChI is InChI=1S/C6H10N2OS2/c1-5-7-8-6(11-5)10-4-2-3-9/h9H,2-4H2,1H3. The molecule has 5 heteroatoms. The van der Waals surface area contributed by atoms with E-state index in [4.69, 9.17) is 5.11 Å². The molecule has 1 aromatic rings. The Bertz CT molecular complexity index is 214. The second-order valence-corrected chi connectivity index (χ2v) is 4.54. The van der Waals surface area contributed by atoms with Gasteiger partial charge in [-0.3, -0.25) is 0 Å². The second kappa shape index (κ2) is 4.69. The number of aromatic nitrogens is 2. The summed E-state index contributed by atoms with van der Waals surface area (Å²) in [5.74, 6) is 0.922. The van der Waals surface area contributed by atoms with Crippen molar-refractivity contribution in [3.05, 3.63) is 5.01 Å². The van der Waals surface area contributed by atoms with E-state index >= 15 is 0 Å². The first-order chi connectivity index (χ1) is 5.33. The van der Waals surface area contributed by atoms with Crippen molar-refractivity contribution in [2.75, 3.05) is 12.4 Å². The van der Waals surface area contributed by atoms with Crippen molar-refractivity contribution in [1.29, 1.82) is 0 Å². The van der Waals surface area contributed by atoms with Crippen LogP contribution < -0.4 is 0 Å². The molecule has 3 nitrogen and oxygen atoms in total. The Morgan fingerprint density at radius 2 is 2.36 bits per heavy atom. The second-order valence-electron chi connectivity index (χ2n) is 2.01. The van der Waals surface area contributed by atoms with Crippen molar-refractivity contribution in [3.8, 4) is 0 Å². The Morgan fingerprint density at radius 3 is 2.91 bits per heavy atom. The number of aliphatic hydroxyl groups is 1. The minimum Gasteiger partial charge on any atom is -0.396 e. The Balaban J connectivity index is 2.27. The maximum Gasteiger partial charge on any atom is 0.174 e. The van der Waals surface area contributed by atoms with Gasteiger partial charge in [0.1, 0.15) is 5.01 Å². The summed E-state index contributed by atoms with van der Waals surface area (Å²) < 4.78 is 0.996. The monoisotopic (exact) mass is 190 g/mol. The quantitative estimate of drug-likeness (QED) is 0.574. The van der Waals surface area contributed by atoms with E-state index in [0.717, 1.165) is 21.5 Å². The third-order valence-electron chi connectivity index (χ3n) is 1.04. The van der Waals surface area contributed by atoms with E-state index in [9.17, 15) is 0 Å². The lowest BCUT2D eigenvalue weighted by Crippen LogP contribution is -1.84. The molecule has 0 bridgehead atoms. The van der Waals surface area contributed by atoms with E-state index in [0.29, 0.717) is 0 Å². The highest BCUT2D eigenvalue weighted by atomic mass is 32.2. The third-order valence-corrected chi connectivity index (χ3v) is 3.09. The van der Waals surface area contributed by atoms with Gasteiger partial charge in [0.25, 0.3) is 0 Å². The molecule has 0 atom stereocenters. The zero-order valence-electron chi connectivity index (χ0n) is 6.28. The summed E-state index contributed by atoms with van der Waals surface area (Å²) in [4.78, 5) is 0. The Kier molecular flexibility index (Phi) is 3.82. The third kappa shape index (κ3) is 3.18. The molecule has 0 aromatic carbocycles. The van der Waals surface area contributed by atoms with Crippen LogP contribution in [-0.4, -0.2) is 27.7 Å². The van der Waals surface area contributed by atoms with Gasteiger partial charge in [-0.05, 0) is 13.3 Å². The maximum atomic E-state index is 8.50. The number of rotatable bonds is 4.